The first kappa shape index (κ1) is 14.9. The van der Waals surface area contributed by atoms with Gasteiger partial charge >= 0.3 is 11.7 Å². The Morgan fingerprint density at radius 3 is 2.48 bits per heavy atom. The van der Waals surface area contributed by atoms with E-state index in [9.17, 15) is 19.7 Å². The molecule has 0 spiro atoms. The van der Waals surface area contributed by atoms with Crippen molar-refractivity contribution in [1.29, 1.82) is 0 Å². The van der Waals surface area contributed by atoms with Gasteiger partial charge in [0.15, 0.2) is 0 Å². The monoisotopic (exact) mass is 296 g/mol. The standard InChI is InChI=1S/C12H16N4O5/c1-8(11(17)14-5-3-2-4-6-14)15-7-9(16(20)21)10(13-15)12(18)19/h7-8H,2-6H2,1H3,(H,18,19). The molecule has 1 unspecified atom stereocenters. The number of hydrogen-bond acceptors (Lipinski definition) is 5. The molecule has 1 amide bonds. The van der Waals surface area contributed by atoms with Gasteiger partial charge in [-0.2, -0.15) is 5.10 Å². The number of carboxylic acid groups (broad SMARTS) is 1. The Balaban J connectivity index is 2.24. The fourth-order valence-electron chi connectivity index (χ4n) is 2.36. The van der Waals surface area contributed by atoms with Crippen molar-refractivity contribution in [3.63, 3.8) is 0 Å². The zero-order valence-corrected chi connectivity index (χ0v) is 11.6. The molecular formula is C12H16N4O5. The molecule has 2 heterocycles. The van der Waals surface area contributed by atoms with Crippen molar-refractivity contribution in [2.75, 3.05) is 13.1 Å². The predicted molar refractivity (Wildman–Crippen MR) is 71.0 cm³/mol. The smallest absolute Gasteiger partial charge is 0.363 e. The van der Waals surface area contributed by atoms with Crippen LogP contribution < -0.4 is 0 Å². The zero-order valence-electron chi connectivity index (χ0n) is 11.6. The molecular weight excluding hydrogens is 280 g/mol. The number of aromatic nitrogens is 2. The second kappa shape index (κ2) is 5.90. The van der Waals surface area contributed by atoms with Gasteiger partial charge in [0.05, 0.1) is 4.92 Å². The third-order valence-corrected chi connectivity index (χ3v) is 3.53. The van der Waals surface area contributed by atoms with Gasteiger partial charge < -0.3 is 10.0 Å². The third-order valence-electron chi connectivity index (χ3n) is 3.53. The Kier molecular flexibility index (Phi) is 4.20. The van der Waals surface area contributed by atoms with Crippen molar-refractivity contribution >= 4 is 17.6 Å². The highest BCUT2D eigenvalue weighted by atomic mass is 16.6. The molecule has 1 saturated heterocycles. The zero-order chi connectivity index (χ0) is 15.6. The van der Waals surface area contributed by atoms with Gasteiger partial charge in [-0.05, 0) is 26.2 Å². The maximum absolute atomic E-state index is 12.3. The number of carboxylic acids is 1. The summed E-state index contributed by atoms with van der Waals surface area (Å²) in [5, 5.41) is 23.4. The van der Waals surface area contributed by atoms with E-state index >= 15 is 0 Å². The van der Waals surface area contributed by atoms with E-state index in [-0.39, 0.29) is 5.91 Å². The predicted octanol–water partition coefficient (Wildman–Crippen LogP) is 1.06. The number of likely N-dealkylation sites (tertiary alicyclic amines) is 1. The Labute approximate surface area is 120 Å². The fraction of sp³-hybridized carbons (Fsp3) is 0.583. The summed E-state index contributed by atoms with van der Waals surface area (Å²) in [6.45, 7) is 2.86. The van der Waals surface area contributed by atoms with Gasteiger partial charge in [0, 0.05) is 13.1 Å². The number of nitro groups is 1. The van der Waals surface area contributed by atoms with Crippen molar-refractivity contribution in [1.82, 2.24) is 14.7 Å². The topological polar surface area (TPSA) is 119 Å². The molecule has 9 nitrogen and oxygen atoms in total. The van der Waals surface area contributed by atoms with Crippen molar-refractivity contribution in [2.45, 2.75) is 32.2 Å². The van der Waals surface area contributed by atoms with Crippen molar-refractivity contribution in [3.8, 4) is 0 Å². The maximum atomic E-state index is 12.3. The summed E-state index contributed by atoms with van der Waals surface area (Å²) in [5.41, 5.74) is -1.26. The molecule has 1 aliphatic rings. The van der Waals surface area contributed by atoms with Crippen molar-refractivity contribution < 1.29 is 19.6 Å². The molecule has 114 valence electrons. The molecule has 0 aliphatic carbocycles. The van der Waals surface area contributed by atoms with Crippen LogP contribution in [0.15, 0.2) is 6.20 Å². The SMILES string of the molecule is CC(C(=O)N1CCCCC1)n1cc([N+](=O)[O-])c(C(=O)O)n1. The van der Waals surface area contributed by atoms with Gasteiger partial charge in [0.1, 0.15) is 12.2 Å². The molecule has 1 aromatic rings. The van der Waals surface area contributed by atoms with Crippen LogP contribution >= 0.6 is 0 Å². The lowest BCUT2D eigenvalue weighted by atomic mass is 10.1. The molecule has 0 aromatic carbocycles. The summed E-state index contributed by atoms with van der Waals surface area (Å²) in [6.07, 6.45) is 3.93. The molecule has 1 atom stereocenters. The van der Waals surface area contributed by atoms with Gasteiger partial charge in [0.2, 0.25) is 11.6 Å². The van der Waals surface area contributed by atoms with Crippen LogP contribution in [0.2, 0.25) is 0 Å². The van der Waals surface area contributed by atoms with Gasteiger partial charge in [0.25, 0.3) is 0 Å². The minimum absolute atomic E-state index is 0.205. The Hall–Kier alpha value is -2.45. The second-order valence-corrected chi connectivity index (χ2v) is 4.97. The van der Waals surface area contributed by atoms with E-state index in [0.717, 1.165) is 30.1 Å². The van der Waals surface area contributed by atoms with E-state index in [0.29, 0.717) is 13.1 Å². The average molecular weight is 296 g/mol. The van der Waals surface area contributed by atoms with E-state index in [2.05, 4.69) is 5.10 Å². The number of piperidine rings is 1. The number of amides is 1. The molecule has 21 heavy (non-hydrogen) atoms. The highest BCUT2D eigenvalue weighted by Gasteiger charge is 2.30. The summed E-state index contributed by atoms with van der Waals surface area (Å²) in [7, 11) is 0. The number of hydrogen-bond donors (Lipinski definition) is 1. The molecule has 0 saturated carbocycles. The lowest BCUT2D eigenvalue weighted by Gasteiger charge is -2.29. The fourth-order valence-corrected chi connectivity index (χ4v) is 2.36. The van der Waals surface area contributed by atoms with E-state index in [1.165, 1.54) is 0 Å². The van der Waals surface area contributed by atoms with E-state index in [4.69, 9.17) is 5.11 Å². The summed E-state index contributed by atoms with van der Waals surface area (Å²) in [5.74, 6) is -1.69. The summed E-state index contributed by atoms with van der Waals surface area (Å²) < 4.78 is 1.05. The quantitative estimate of drug-likeness (QED) is 0.655. The van der Waals surface area contributed by atoms with Gasteiger partial charge in [-0.3, -0.25) is 19.6 Å². The van der Waals surface area contributed by atoms with Gasteiger partial charge in [-0.15, -0.1) is 0 Å². The van der Waals surface area contributed by atoms with Crippen molar-refractivity contribution in [3.05, 3.63) is 22.0 Å². The molecule has 0 bridgehead atoms. The highest BCUT2D eigenvalue weighted by Crippen LogP contribution is 2.21. The summed E-state index contributed by atoms with van der Waals surface area (Å²) >= 11 is 0. The Morgan fingerprint density at radius 2 is 2.00 bits per heavy atom. The first-order chi connectivity index (χ1) is 9.91. The van der Waals surface area contributed by atoms with Gasteiger partial charge in [-0.1, -0.05) is 0 Å². The molecule has 0 radical (unpaired) electrons. The lowest BCUT2D eigenvalue weighted by molar-refractivity contribution is -0.385. The number of nitrogens with zero attached hydrogens (tertiary/aromatic N) is 4. The van der Waals surface area contributed by atoms with Crippen LogP contribution in [0.1, 0.15) is 42.7 Å². The van der Waals surface area contributed by atoms with Gasteiger partial charge in [-0.25, -0.2) is 4.79 Å². The number of rotatable bonds is 4. The minimum Gasteiger partial charge on any atom is -0.476 e. The Bertz CT molecular complexity index is 545. The molecule has 1 aliphatic heterocycles. The molecule has 2 rings (SSSR count). The van der Waals surface area contributed by atoms with Crippen LogP contribution in [0.4, 0.5) is 5.69 Å². The van der Waals surface area contributed by atoms with E-state index in [1.54, 1.807) is 11.8 Å². The first-order valence-corrected chi connectivity index (χ1v) is 6.67. The minimum atomic E-state index is -1.49. The number of aromatic carboxylic acids is 1. The summed E-state index contributed by atoms with van der Waals surface area (Å²) in [4.78, 5) is 35.0. The molecule has 1 fully saturated rings. The lowest BCUT2D eigenvalue weighted by Crippen LogP contribution is -2.39. The highest BCUT2D eigenvalue weighted by molar-refractivity contribution is 5.90. The van der Waals surface area contributed by atoms with E-state index in [1.807, 2.05) is 0 Å². The average Bonchev–Trinajstić information content (AvgIpc) is 2.92. The normalized spacial score (nSPS) is 16.5. The van der Waals surface area contributed by atoms with Crippen LogP contribution in [0.3, 0.4) is 0 Å². The number of carbonyl (C=O) groups excluding carboxylic acids is 1. The van der Waals surface area contributed by atoms with Crippen LogP contribution in [0.25, 0.3) is 0 Å². The Morgan fingerprint density at radius 1 is 1.38 bits per heavy atom. The largest absolute Gasteiger partial charge is 0.476 e. The third kappa shape index (κ3) is 3.01. The molecule has 9 heteroatoms. The number of carbonyl (C=O) groups is 2. The van der Waals surface area contributed by atoms with Crippen molar-refractivity contribution in [2.24, 2.45) is 0 Å². The van der Waals surface area contributed by atoms with Crippen LogP contribution in [0.5, 0.6) is 0 Å². The van der Waals surface area contributed by atoms with Crippen LogP contribution in [-0.4, -0.2) is 49.7 Å². The molecule has 1 aromatic heterocycles. The van der Waals surface area contributed by atoms with E-state index < -0.39 is 28.3 Å². The second-order valence-electron chi connectivity index (χ2n) is 4.97. The molecule has 1 N–H and O–H groups in total. The summed E-state index contributed by atoms with van der Waals surface area (Å²) in [6, 6.07) is -0.769. The van der Waals surface area contributed by atoms with Crippen LogP contribution in [-0.2, 0) is 4.79 Å². The van der Waals surface area contributed by atoms with Crippen LogP contribution in [0, 0.1) is 10.1 Å². The maximum Gasteiger partial charge on any atom is 0.363 e. The first-order valence-electron chi connectivity index (χ1n) is 6.67.